The monoisotopic (exact) mass is 371 g/mol. The number of benzene rings is 1. The lowest BCUT2D eigenvalue weighted by atomic mass is 9.59. The van der Waals surface area contributed by atoms with E-state index in [2.05, 4.69) is 21.2 Å². The summed E-state index contributed by atoms with van der Waals surface area (Å²) in [4.78, 5) is 11.8. The maximum Gasteiger partial charge on any atom is 0.307 e. The molecule has 1 aromatic rings. The molecule has 3 atom stereocenters. The highest BCUT2D eigenvalue weighted by Crippen LogP contribution is 2.52. The summed E-state index contributed by atoms with van der Waals surface area (Å²) in [5, 5.41) is 13.0. The molecule has 1 aromatic carbocycles. The predicted octanol–water partition coefficient (Wildman–Crippen LogP) is 3.54. The molecule has 3 rings (SSSR count). The third-order valence-corrected chi connectivity index (χ3v) is 5.62. The zero-order valence-electron chi connectivity index (χ0n) is 12.7. The van der Waals surface area contributed by atoms with E-state index in [1.54, 1.807) is 6.07 Å². The maximum atomic E-state index is 13.9. The fourth-order valence-corrected chi connectivity index (χ4v) is 4.48. The predicted molar refractivity (Wildman–Crippen MR) is 84.6 cm³/mol. The molecule has 0 aliphatic carbocycles. The van der Waals surface area contributed by atoms with Crippen LogP contribution in [0.25, 0.3) is 0 Å². The van der Waals surface area contributed by atoms with Gasteiger partial charge in [0.25, 0.3) is 0 Å². The smallest absolute Gasteiger partial charge is 0.307 e. The van der Waals surface area contributed by atoms with Gasteiger partial charge in [0.15, 0.2) is 0 Å². The van der Waals surface area contributed by atoms with E-state index in [0.29, 0.717) is 23.2 Å². The topological polar surface area (TPSA) is 58.6 Å². The van der Waals surface area contributed by atoms with Gasteiger partial charge in [0.2, 0.25) is 0 Å². The number of aliphatic carboxylic acids is 1. The molecular formula is C16H19BrFNO3. The molecule has 120 valence electrons. The van der Waals surface area contributed by atoms with Crippen molar-refractivity contribution in [1.29, 1.82) is 0 Å². The van der Waals surface area contributed by atoms with E-state index in [-0.39, 0.29) is 11.9 Å². The van der Waals surface area contributed by atoms with Crippen LogP contribution in [0.2, 0.25) is 0 Å². The summed E-state index contributed by atoms with van der Waals surface area (Å²) in [6, 6.07) is 3.11. The molecule has 4 nitrogen and oxygen atoms in total. The number of ether oxygens (including phenoxy) is 1. The fourth-order valence-electron chi connectivity index (χ4n) is 4.13. The number of carboxylic acids is 1. The molecule has 0 aromatic heterocycles. The standard InChI is InChI=1S/C16H19BrFNO3/c1-15(2)14-16(3,8(13(20)21)4-5-22-14)9-6-10(17)11(18)7-12(9)19-15/h6-8,14,19H,4-5H2,1-3H3,(H,20,21). The van der Waals surface area contributed by atoms with Crippen LogP contribution in [0.15, 0.2) is 16.6 Å². The summed E-state index contributed by atoms with van der Waals surface area (Å²) in [5.74, 6) is -1.77. The van der Waals surface area contributed by atoms with Crippen molar-refractivity contribution in [3.05, 3.63) is 28.0 Å². The largest absolute Gasteiger partial charge is 0.481 e. The number of anilines is 1. The number of halogens is 2. The molecular weight excluding hydrogens is 353 g/mol. The van der Waals surface area contributed by atoms with Crippen molar-refractivity contribution in [1.82, 2.24) is 0 Å². The Bertz CT molecular complexity index is 649. The number of carboxylic acid groups (broad SMARTS) is 1. The molecule has 0 radical (unpaired) electrons. The Kier molecular flexibility index (Phi) is 3.53. The van der Waals surface area contributed by atoms with Gasteiger partial charge in [-0.25, -0.2) is 4.39 Å². The molecule has 1 saturated heterocycles. The van der Waals surface area contributed by atoms with E-state index in [9.17, 15) is 14.3 Å². The van der Waals surface area contributed by atoms with Crippen LogP contribution in [0.3, 0.4) is 0 Å². The van der Waals surface area contributed by atoms with Gasteiger partial charge in [-0.15, -0.1) is 0 Å². The number of rotatable bonds is 1. The molecule has 1 fully saturated rings. The Balaban J connectivity index is 2.27. The number of hydrogen-bond donors (Lipinski definition) is 2. The van der Waals surface area contributed by atoms with Gasteiger partial charge in [-0.1, -0.05) is 6.92 Å². The molecule has 22 heavy (non-hydrogen) atoms. The zero-order chi connectivity index (χ0) is 16.3. The van der Waals surface area contributed by atoms with Crippen LogP contribution < -0.4 is 5.32 Å². The van der Waals surface area contributed by atoms with E-state index in [0.717, 1.165) is 5.56 Å². The van der Waals surface area contributed by atoms with Gasteiger partial charge in [-0.2, -0.15) is 0 Å². The molecule has 2 aliphatic rings. The average molecular weight is 372 g/mol. The van der Waals surface area contributed by atoms with Crippen LogP contribution in [0.5, 0.6) is 0 Å². The van der Waals surface area contributed by atoms with Crippen molar-refractivity contribution in [3.8, 4) is 0 Å². The summed E-state index contributed by atoms with van der Waals surface area (Å²) in [6.45, 7) is 6.26. The third kappa shape index (κ3) is 2.07. The SMILES string of the molecule is CC1(C)Nc2cc(F)c(Br)cc2C2(C)C(C(=O)O)CCOC12. The van der Waals surface area contributed by atoms with Crippen molar-refractivity contribution in [2.75, 3.05) is 11.9 Å². The van der Waals surface area contributed by atoms with Crippen molar-refractivity contribution < 1.29 is 19.0 Å². The summed E-state index contributed by atoms with van der Waals surface area (Å²) in [6.07, 6.45) is 0.145. The summed E-state index contributed by atoms with van der Waals surface area (Å²) in [5.41, 5.74) is 0.221. The molecule has 3 unspecified atom stereocenters. The second-order valence-corrected chi connectivity index (χ2v) is 7.73. The molecule has 0 amide bonds. The molecule has 2 heterocycles. The number of fused-ring (bicyclic) bond motifs is 3. The molecule has 0 saturated carbocycles. The zero-order valence-corrected chi connectivity index (χ0v) is 14.3. The summed E-state index contributed by atoms with van der Waals surface area (Å²) >= 11 is 3.21. The van der Waals surface area contributed by atoms with Crippen LogP contribution >= 0.6 is 15.9 Å². The number of carbonyl (C=O) groups is 1. The van der Waals surface area contributed by atoms with Crippen molar-refractivity contribution in [2.24, 2.45) is 5.92 Å². The normalized spacial score (nSPS) is 32.6. The van der Waals surface area contributed by atoms with Gasteiger partial charge in [-0.05, 0) is 53.9 Å². The highest BCUT2D eigenvalue weighted by Gasteiger charge is 2.58. The first-order chi connectivity index (χ1) is 10.2. The van der Waals surface area contributed by atoms with Crippen molar-refractivity contribution >= 4 is 27.6 Å². The van der Waals surface area contributed by atoms with Crippen LogP contribution in [-0.2, 0) is 14.9 Å². The lowest BCUT2D eigenvalue weighted by Gasteiger charge is -2.56. The van der Waals surface area contributed by atoms with Crippen LogP contribution in [-0.4, -0.2) is 29.3 Å². The summed E-state index contributed by atoms with van der Waals surface area (Å²) < 4.78 is 20.2. The summed E-state index contributed by atoms with van der Waals surface area (Å²) in [7, 11) is 0. The molecule has 0 bridgehead atoms. The first kappa shape index (κ1) is 15.7. The van der Waals surface area contributed by atoms with Crippen molar-refractivity contribution in [3.63, 3.8) is 0 Å². The second kappa shape index (κ2) is 4.93. The Morgan fingerprint density at radius 1 is 1.45 bits per heavy atom. The van der Waals surface area contributed by atoms with Gasteiger partial charge in [0.05, 0.1) is 22.0 Å². The lowest BCUT2D eigenvalue weighted by molar-refractivity contribution is -0.159. The van der Waals surface area contributed by atoms with Gasteiger partial charge >= 0.3 is 5.97 Å². The van der Waals surface area contributed by atoms with Crippen LogP contribution in [0.1, 0.15) is 32.8 Å². The second-order valence-electron chi connectivity index (χ2n) is 6.87. The number of hydrogen-bond acceptors (Lipinski definition) is 3. The van der Waals surface area contributed by atoms with Gasteiger partial charge in [0.1, 0.15) is 5.82 Å². The Morgan fingerprint density at radius 2 is 2.14 bits per heavy atom. The van der Waals surface area contributed by atoms with E-state index < -0.39 is 22.8 Å². The van der Waals surface area contributed by atoms with E-state index in [4.69, 9.17) is 4.74 Å². The maximum absolute atomic E-state index is 13.9. The van der Waals surface area contributed by atoms with Crippen LogP contribution in [0.4, 0.5) is 10.1 Å². The van der Waals surface area contributed by atoms with Gasteiger partial charge in [0, 0.05) is 17.7 Å². The first-order valence-electron chi connectivity index (χ1n) is 7.30. The number of nitrogens with one attached hydrogen (secondary N) is 1. The first-order valence-corrected chi connectivity index (χ1v) is 8.09. The minimum absolute atomic E-state index is 0.306. The lowest BCUT2D eigenvalue weighted by Crippen LogP contribution is -2.65. The molecule has 2 aliphatic heterocycles. The third-order valence-electron chi connectivity index (χ3n) is 5.01. The minimum Gasteiger partial charge on any atom is -0.481 e. The quantitative estimate of drug-likeness (QED) is 0.792. The fraction of sp³-hybridized carbons (Fsp3) is 0.562. The van der Waals surface area contributed by atoms with E-state index >= 15 is 0 Å². The molecule has 2 N–H and O–H groups in total. The Morgan fingerprint density at radius 3 is 2.77 bits per heavy atom. The average Bonchev–Trinajstić information content (AvgIpc) is 2.40. The van der Waals surface area contributed by atoms with Crippen molar-refractivity contribution in [2.45, 2.75) is 44.2 Å². The Labute approximate surface area is 137 Å². The Hall–Kier alpha value is -1.14. The highest BCUT2D eigenvalue weighted by molar-refractivity contribution is 9.10. The van der Waals surface area contributed by atoms with Gasteiger partial charge in [-0.3, -0.25) is 4.79 Å². The van der Waals surface area contributed by atoms with E-state index in [1.165, 1.54) is 6.07 Å². The minimum atomic E-state index is -0.833. The molecule has 6 heteroatoms. The van der Waals surface area contributed by atoms with Crippen LogP contribution in [0, 0.1) is 11.7 Å². The molecule has 0 spiro atoms. The highest BCUT2D eigenvalue weighted by atomic mass is 79.9. The van der Waals surface area contributed by atoms with Gasteiger partial charge < -0.3 is 15.2 Å². The van der Waals surface area contributed by atoms with E-state index in [1.807, 2.05) is 20.8 Å².